The van der Waals surface area contributed by atoms with Crippen LogP contribution >= 0.6 is 0 Å². The van der Waals surface area contributed by atoms with Gasteiger partial charge in [0.1, 0.15) is 5.69 Å². The van der Waals surface area contributed by atoms with Gasteiger partial charge in [-0.2, -0.15) is 0 Å². The Kier molecular flexibility index (Phi) is 7.49. The molecule has 1 fully saturated rings. The molecule has 3 heterocycles. The number of pyridine rings is 2. The summed E-state index contributed by atoms with van der Waals surface area (Å²) in [5.74, 6) is -0.318. The maximum absolute atomic E-state index is 12.8. The average molecular weight is 448 g/mol. The number of amides is 1. The van der Waals surface area contributed by atoms with E-state index in [4.69, 9.17) is 4.74 Å². The molecule has 4 rings (SSSR count). The third kappa shape index (κ3) is 5.85. The Labute approximate surface area is 193 Å². The third-order valence-corrected chi connectivity index (χ3v) is 5.85. The van der Waals surface area contributed by atoms with Gasteiger partial charge < -0.3 is 19.9 Å². The monoisotopic (exact) mass is 447 g/mol. The summed E-state index contributed by atoms with van der Waals surface area (Å²) in [7, 11) is 1.74. The van der Waals surface area contributed by atoms with E-state index >= 15 is 0 Å². The number of carbonyl (C=O) groups is 1. The summed E-state index contributed by atoms with van der Waals surface area (Å²) in [6.07, 6.45) is 6.04. The third-order valence-electron chi connectivity index (χ3n) is 5.85. The van der Waals surface area contributed by atoms with Crippen LogP contribution in [0.3, 0.4) is 0 Å². The van der Waals surface area contributed by atoms with Gasteiger partial charge in [0.15, 0.2) is 0 Å². The number of rotatable bonds is 8. The highest BCUT2D eigenvalue weighted by Gasteiger charge is 2.17. The van der Waals surface area contributed by atoms with Crippen molar-refractivity contribution in [2.75, 3.05) is 56.7 Å². The van der Waals surface area contributed by atoms with E-state index in [0.717, 1.165) is 62.6 Å². The average Bonchev–Trinajstić information content (AvgIpc) is 2.86. The van der Waals surface area contributed by atoms with Crippen molar-refractivity contribution < 1.29 is 9.53 Å². The van der Waals surface area contributed by atoms with E-state index in [2.05, 4.69) is 25.1 Å². The van der Waals surface area contributed by atoms with Crippen LogP contribution in [0.2, 0.25) is 0 Å². The second-order valence-electron chi connectivity index (χ2n) is 8.04. The first-order valence-electron chi connectivity index (χ1n) is 11.1. The topological polar surface area (TPSA) is 90.6 Å². The molecule has 1 amide bonds. The number of benzene rings is 1. The number of hydrogen-bond donors (Lipinski definition) is 2. The lowest BCUT2D eigenvalue weighted by Gasteiger charge is -2.36. The molecule has 33 heavy (non-hydrogen) atoms. The van der Waals surface area contributed by atoms with Crippen LogP contribution < -0.4 is 15.8 Å². The normalized spacial score (nSPS) is 14.3. The number of carbonyl (C=O) groups excluding carboxylic acids is 1. The molecule has 1 aromatic carbocycles. The molecule has 0 aliphatic carbocycles. The number of nitrogens with one attached hydrogen (secondary N) is 2. The lowest BCUT2D eigenvalue weighted by Crippen LogP contribution is -2.46. The molecule has 172 valence electrons. The van der Waals surface area contributed by atoms with E-state index in [1.165, 1.54) is 0 Å². The molecule has 3 aromatic rings. The van der Waals surface area contributed by atoms with E-state index in [1.54, 1.807) is 43.9 Å². The van der Waals surface area contributed by atoms with Gasteiger partial charge in [0.05, 0.1) is 0 Å². The van der Waals surface area contributed by atoms with Gasteiger partial charge in [-0.1, -0.05) is 0 Å². The van der Waals surface area contributed by atoms with Gasteiger partial charge in [0.2, 0.25) is 0 Å². The van der Waals surface area contributed by atoms with Crippen LogP contribution in [0.5, 0.6) is 0 Å². The second-order valence-corrected chi connectivity index (χ2v) is 8.04. The zero-order valence-electron chi connectivity index (χ0n) is 18.8. The number of H-pyrrole nitrogens is 1. The van der Waals surface area contributed by atoms with E-state index in [1.807, 2.05) is 24.3 Å². The van der Waals surface area contributed by atoms with Crippen LogP contribution in [0.1, 0.15) is 16.8 Å². The Bertz CT molecular complexity index is 1110. The summed E-state index contributed by atoms with van der Waals surface area (Å²) in [5, 5.41) is 2.74. The molecule has 2 N–H and O–H groups in total. The van der Waals surface area contributed by atoms with Gasteiger partial charge >= 0.3 is 0 Å². The lowest BCUT2D eigenvalue weighted by atomic mass is 10.1. The van der Waals surface area contributed by atoms with Crippen molar-refractivity contribution in [2.45, 2.75) is 6.42 Å². The predicted molar refractivity (Wildman–Crippen MR) is 130 cm³/mol. The van der Waals surface area contributed by atoms with E-state index in [-0.39, 0.29) is 17.2 Å². The van der Waals surface area contributed by atoms with Gasteiger partial charge in [-0.3, -0.25) is 19.5 Å². The number of aromatic amines is 1. The standard InChI is InChI=1S/C25H29N5O3/c1-33-16-2-11-29-12-14-30(15-13-29)22-5-3-20(4-6-22)24(31)28-23-17-21(18-27-25(23)32)19-7-9-26-10-8-19/h3-10,17-18H,2,11-16H2,1H3,(H,27,32)(H,28,31). The quantitative estimate of drug-likeness (QED) is 0.516. The molecule has 1 aliphatic heterocycles. The minimum absolute atomic E-state index is 0.211. The zero-order valence-corrected chi connectivity index (χ0v) is 18.8. The predicted octanol–water partition coefficient (Wildman–Crippen LogP) is 2.85. The lowest BCUT2D eigenvalue weighted by molar-refractivity contribution is 0.102. The zero-order chi connectivity index (χ0) is 23.0. The highest BCUT2D eigenvalue weighted by atomic mass is 16.5. The molecule has 0 atom stereocenters. The smallest absolute Gasteiger partial charge is 0.271 e. The van der Waals surface area contributed by atoms with Gasteiger partial charge in [-0.25, -0.2) is 0 Å². The summed E-state index contributed by atoms with van der Waals surface area (Å²) in [6, 6.07) is 12.9. The Balaban J connectivity index is 1.37. The summed E-state index contributed by atoms with van der Waals surface area (Å²) in [4.78, 5) is 36.5. The Morgan fingerprint density at radius 3 is 2.48 bits per heavy atom. The molecule has 2 aromatic heterocycles. The number of hydrogen-bond acceptors (Lipinski definition) is 6. The fourth-order valence-corrected chi connectivity index (χ4v) is 3.97. The van der Waals surface area contributed by atoms with Crippen LogP contribution in [0.4, 0.5) is 11.4 Å². The molecular weight excluding hydrogens is 418 g/mol. The number of ether oxygens (including phenoxy) is 1. The fourth-order valence-electron chi connectivity index (χ4n) is 3.97. The van der Waals surface area contributed by atoms with E-state index < -0.39 is 0 Å². The largest absolute Gasteiger partial charge is 0.385 e. The summed E-state index contributed by atoms with van der Waals surface area (Å²) < 4.78 is 5.13. The van der Waals surface area contributed by atoms with Crippen LogP contribution in [-0.4, -0.2) is 67.2 Å². The Morgan fingerprint density at radius 2 is 1.79 bits per heavy atom. The SMILES string of the molecule is COCCCN1CCN(c2ccc(C(=O)Nc3cc(-c4ccncc4)c[nH]c3=O)cc2)CC1. The van der Waals surface area contributed by atoms with Crippen molar-refractivity contribution in [3.63, 3.8) is 0 Å². The van der Waals surface area contributed by atoms with Crippen LogP contribution in [0.15, 0.2) is 65.8 Å². The molecule has 1 aliphatic rings. The first-order valence-corrected chi connectivity index (χ1v) is 11.1. The van der Waals surface area contributed by atoms with Crippen molar-refractivity contribution in [3.8, 4) is 11.1 Å². The highest BCUT2D eigenvalue weighted by Crippen LogP contribution is 2.20. The molecule has 0 unspecified atom stereocenters. The van der Waals surface area contributed by atoms with Gasteiger partial charge in [-0.05, 0) is 54.4 Å². The molecule has 1 saturated heterocycles. The Morgan fingerprint density at radius 1 is 1.06 bits per heavy atom. The first kappa shape index (κ1) is 22.7. The first-order chi connectivity index (χ1) is 16.1. The molecular formula is C25H29N5O3. The number of anilines is 2. The van der Waals surface area contributed by atoms with Crippen LogP contribution in [0, 0.1) is 0 Å². The Hall–Kier alpha value is -3.49. The van der Waals surface area contributed by atoms with Crippen molar-refractivity contribution in [1.29, 1.82) is 0 Å². The van der Waals surface area contributed by atoms with Crippen molar-refractivity contribution in [3.05, 3.63) is 77.0 Å². The van der Waals surface area contributed by atoms with Gasteiger partial charge in [0, 0.05) is 81.8 Å². The van der Waals surface area contributed by atoms with Gasteiger partial charge in [0.25, 0.3) is 11.5 Å². The molecule has 0 saturated carbocycles. The molecule has 0 bridgehead atoms. The summed E-state index contributed by atoms with van der Waals surface area (Å²) >= 11 is 0. The number of aromatic nitrogens is 2. The second kappa shape index (κ2) is 10.9. The minimum atomic E-state index is -0.346. The number of piperazine rings is 1. The fraction of sp³-hybridized carbons (Fsp3) is 0.320. The maximum atomic E-state index is 12.8. The number of nitrogens with zero attached hydrogens (tertiary/aromatic N) is 3. The van der Waals surface area contributed by atoms with Gasteiger partial charge in [-0.15, -0.1) is 0 Å². The van der Waals surface area contributed by atoms with E-state index in [0.29, 0.717) is 5.56 Å². The summed E-state index contributed by atoms with van der Waals surface area (Å²) in [6.45, 7) is 5.79. The molecule has 0 radical (unpaired) electrons. The van der Waals surface area contributed by atoms with Crippen LogP contribution in [-0.2, 0) is 4.74 Å². The molecule has 8 nitrogen and oxygen atoms in total. The summed E-state index contributed by atoms with van der Waals surface area (Å²) in [5.41, 5.74) is 3.17. The molecule has 8 heteroatoms. The van der Waals surface area contributed by atoms with Crippen LogP contribution in [0.25, 0.3) is 11.1 Å². The molecule has 0 spiro atoms. The maximum Gasteiger partial charge on any atom is 0.271 e. The van der Waals surface area contributed by atoms with Crippen molar-refractivity contribution in [2.24, 2.45) is 0 Å². The van der Waals surface area contributed by atoms with Crippen molar-refractivity contribution >= 4 is 17.3 Å². The van der Waals surface area contributed by atoms with E-state index in [9.17, 15) is 9.59 Å². The van der Waals surface area contributed by atoms with Crippen molar-refractivity contribution in [1.82, 2.24) is 14.9 Å². The number of methoxy groups -OCH3 is 1. The minimum Gasteiger partial charge on any atom is -0.385 e. The highest BCUT2D eigenvalue weighted by molar-refractivity contribution is 6.04.